The van der Waals surface area contributed by atoms with Gasteiger partial charge in [-0.15, -0.1) is 0 Å². The minimum absolute atomic E-state index is 0.293. The zero-order chi connectivity index (χ0) is 14.2. The van der Waals surface area contributed by atoms with Crippen LogP contribution in [-0.4, -0.2) is 11.5 Å². The number of benzene rings is 2. The summed E-state index contributed by atoms with van der Waals surface area (Å²) in [5, 5.41) is 1.31. The summed E-state index contributed by atoms with van der Waals surface area (Å²) < 4.78 is 0. The van der Waals surface area contributed by atoms with Gasteiger partial charge in [0, 0.05) is 34.9 Å². The zero-order valence-corrected chi connectivity index (χ0v) is 12.1. The third-order valence-corrected chi connectivity index (χ3v) is 4.32. The first-order chi connectivity index (χ1) is 10.4. The molecule has 2 nitrogen and oxygen atoms in total. The number of H-pyrrole nitrogens is 1. The Hall–Kier alpha value is -2.48. The van der Waals surface area contributed by atoms with E-state index in [1.54, 1.807) is 0 Å². The van der Waals surface area contributed by atoms with Crippen LogP contribution in [0.3, 0.4) is 0 Å². The van der Waals surface area contributed by atoms with E-state index in [0.717, 1.165) is 6.54 Å². The average Bonchev–Trinajstić information content (AvgIpc) is 2.97. The first kappa shape index (κ1) is 12.3. The molecular formula is C19H18N2. The van der Waals surface area contributed by atoms with Gasteiger partial charge in [-0.1, -0.05) is 48.6 Å². The molecular weight excluding hydrogens is 256 g/mol. The van der Waals surface area contributed by atoms with Crippen LogP contribution < -0.4 is 4.90 Å². The topological polar surface area (TPSA) is 19.0 Å². The number of para-hydroxylation sites is 2. The lowest BCUT2D eigenvalue weighted by molar-refractivity contribution is 0.746. The monoisotopic (exact) mass is 274 g/mol. The molecule has 4 rings (SSSR count). The first-order valence-electron chi connectivity index (χ1n) is 7.48. The fourth-order valence-electron chi connectivity index (χ4n) is 3.32. The molecule has 104 valence electrons. The normalized spacial score (nSPS) is 17.2. The lowest BCUT2D eigenvalue weighted by Crippen LogP contribution is -2.29. The smallest absolute Gasteiger partial charge is 0.0750 e. The largest absolute Gasteiger partial charge is 0.361 e. The number of fused-ring (bicyclic) bond motifs is 2. The van der Waals surface area contributed by atoms with Gasteiger partial charge in [-0.2, -0.15) is 0 Å². The lowest BCUT2D eigenvalue weighted by Gasteiger charge is -2.35. The number of hydrogen-bond acceptors (Lipinski definition) is 1. The summed E-state index contributed by atoms with van der Waals surface area (Å²) in [5.74, 6) is 0. The maximum absolute atomic E-state index is 3.39. The van der Waals surface area contributed by atoms with Crippen molar-refractivity contribution < 1.29 is 0 Å². The molecule has 0 radical (unpaired) electrons. The molecule has 21 heavy (non-hydrogen) atoms. The summed E-state index contributed by atoms with van der Waals surface area (Å²) in [4.78, 5) is 5.86. The molecule has 1 aliphatic rings. The molecule has 2 heteroatoms. The number of likely N-dealkylation sites (N-methyl/N-ethyl adjacent to an activating group) is 1. The van der Waals surface area contributed by atoms with Gasteiger partial charge < -0.3 is 9.88 Å². The van der Waals surface area contributed by atoms with Crippen molar-refractivity contribution in [3.8, 4) is 0 Å². The van der Waals surface area contributed by atoms with Gasteiger partial charge in [-0.25, -0.2) is 0 Å². The van der Waals surface area contributed by atoms with Crippen LogP contribution in [0.4, 0.5) is 5.69 Å². The second kappa shape index (κ2) is 4.81. The van der Waals surface area contributed by atoms with Crippen LogP contribution in [-0.2, 0) is 0 Å². The van der Waals surface area contributed by atoms with Crippen molar-refractivity contribution in [1.82, 2.24) is 4.98 Å². The number of nitrogens with one attached hydrogen (secondary N) is 1. The van der Waals surface area contributed by atoms with Crippen molar-refractivity contribution in [2.45, 2.75) is 13.0 Å². The SMILES string of the molecule is CCN1c2ccccc2C=CC1c1c[nH]c2ccccc12. The van der Waals surface area contributed by atoms with E-state index in [-0.39, 0.29) is 0 Å². The van der Waals surface area contributed by atoms with Crippen molar-refractivity contribution in [3.05, 3.63) is 71.9 Å². The van der Waals surface area contributed by atoms with Gasteiger partial charge in [0.25, 0.3) is 0 Å². The third-order valence-electron chi connectivity index (χ3n) is 4.32. The Kier molecular flexibility index (Phi) is 2.81. The van der Waals surface area contributed by atoms with Crippen LogP contribution in [0.15, 0.2) is 60.8 Å². The first-order valence-corrected chi connectivity index (χ1v) is 7.48. The molecule has 2 aromatic carbocycles. The summed E-state index contributed by atoms with van der Waals surface area (Å²) in [6.07, 6.45) is 6.70. The molecule has 0 amide bonds. The molecule has 1 N–H and O–H groups in total. The summed E-state index contributed by atoms with van der Waals surface area (Å²) >= 11 is 0. The van der Waals surface area contributed by atoms with Gasteiger partial charge >= 0.3 is 0 Å². The van der Waals surface area contributed by atoms with Crippen molar-refractivity contribution in [2.75, 3.05) is 11.4 Å². The molecule has 0 saturated carbocycles. The standard InChI is InChI=1S/C19H18N2/c1-2-21-18-10-6-3-7-14(18)11-12-19(21)16-13-20-17-9-5-4-8-15(16)17/h3-13,19-20H,2H2,1H3. The molecule has 0 bridgehead atoms. The van der Waals surface area contributed by atoms with E-state index in [1.807, 2.05) is 0 Å². The molecule has 1 atom stereocenters. The molecule has 1 unspecified atom stereocenters. The van der Waals surface area contributed by atoms with E-state index in [4.69, 9.17) is 0 Å². The number of anilines is 1. The van der Waals surface area contributed by atoms with E-state index in [0.29, 0.717) is 6.04 Å². The number of aromatic nitrogens is 1. The van der Waals surface area contributed by atoms with Crippen LogP contribution in [0, 0.1) is 0 Å². The third kappa shape index (κ3) is 1.87. The van der Waals surface area contributed by atoms with Gasteiger partial charge in [0.2, 0.25) is 0 Å². The summed E-state index contributed by atoms with van der Waals surface area (Å²) in [6, 6.07) is 17.4. The van der Waals surface area contributed by atoms with Gasteiger partial charge in [0.05, 0.1) is 6.04 Å². The number of hydrogen-bond donors (Lipinski definition) is 1. The molecule has 0 aliphatic carbocycles. The van der Waals surface area contributed by atoms with Gasteiger partial charge in [0.15, 0.2) is 0 Å². The Balaban J connectivity index is 1.86. The highest BCUT2D eigenvalue weighted by molar-refractivity contribution is 5.85. The van der Waals surface area contributed by atoms with Crippen molar-refractivity contribution >= 4 is 22.7 Å². The van der Waals surface area contributed by atoms with Crippen LogP contribution in [0.25, 0.3) is 17.0 Å². The minimum atomic E-state index is 0.293. The van der Waals surface area contributed by atoms with Gasteiger partial charge in [-0.05, 0) is 24.6 Å². The predicted molar refractivity (Wildman–Crippen MR) is 89.5 cm³/mol. The Morgan fingerprint density at radius 3 is 2.76 bits per heavy atom. The molecule has 1 aliphatic heterocycles. The molecule has 3 aromatic rings. The Morgan fingerprint density at radius 1 is 1.05 bits per heavy atom. The van der Waals surface area contributed by atoms with Gasteiger partial charge in [-0.3, -0.25) is 0 Å². The Labute approximate surface area is 124 Å². The van der Waals surface area contributed by atoms with E-state index in [1.165, 1.54) is 27.7 Å². The fourth-order valence-corrected chi connectivity index (χ4v) is 3.32. The number of aromatic amines is 1. The second-order valence-corrected chi connectivity index (χ2v) is 5.44. The molecule has 1 aromatic heterocycles. The van der Waals surface area contributed by atoms with E-state index < -0.39 is 0 Å². The zero-order valence-electron chi connectivity index (χ0n) is 12.1. The van der Waals surface area contributed by atoms with E-state index in [2.05, 4.69) is 83.7 Å². The highest BCUT2D eigenvalue weighted by Crippen LogP contribution is 2.38. The number of nitrogens with zero attached hydrogens (tertiary/aromatic N) is 1. The maximum atomic E-state index is 3.39. The Morgan fingerprint density at radius 2 is 1.86 bits per heavy atom. The molecule has 0 fully saturated rings. The van der Waals surface area contributed by atoms with E-state index in [9.17, 15) is 0 Å². The van der Waals surface area contributed by atoms with Crippen LogP contribution in [0.2, 0.25) is 0 Å². The maximum Gasteiger partial charge on any atom is 0.0750 e. The lowest BCUT2D eigenvalue weighted by atomic mass is 9.97. The van der Waals surface area contributed by atoms with Crippen LogP contribution in [0.1, 0.15) is 24.1 Å². The van der Waals surface area contributed by atoms with Crippen LogP contribution in [0.5, 0.6) is 0 Å². The highest BCUT2D eigenvalue weighted by Gasteiger charge is 2.24. The predicted octanol–water partition coefficient (Wildman–Crippen LogP) is 4.76. The molecule has 0 spiro atoms. The van der Waals surface area contributed by atoms with E-state index >= 15 is 0 Å². The van der Waals surface area contributed by atoms with Crippen molar-refractivity contribution in [1.29, 1.82) is 0 Å². The fraction of sp³-hybridized carbons (Fsp3) is 0.158. The minimum Gasteiger partial charge on any atom is -0.361 e. The number of rotatable bonds is 2. The summed E-state index contributed by atoms with van der Waals surface area (Å²) in [7, 11) is 0. The van der Waals surface area contributed by atoms with Crippen molar-refractivity contribution in [2.24, 2.45) is 0 Å². The second-order valence-electron chi connectivity index (χ2n) is 5.44. The van der Waals surface area contributed by atoms with Gasteiger partial charge in [0.1, 0.15) is 0 Å². The molecule has 2 heterocycles. The quantitative estimate of drug-likeness (QED) is 0.713. The molecule has 0 saturated heterocycles. The van der Waals surface area contributed by atoms with Crippen LogP contribution >= 0.6 is 0 Å². The Bertz CT molecular complexity index is 813. The average molecular weight is 274 g/mol. The summed E-state index contributed by atoms with van der Waals surface area (Å²) in [5.41, 5.74) is 5.17. The van der Waals surface area contributed by atoms with Crippen molar-refractivity contribution in [3.63, 3.8) is 0 Å². The summed E-state index contributed by atoms with van der Waals surface area (Å²) in [6.45, 7) is 3.21. The highest BCUT2D eigenvalue weighted by atomic mass is 15.2.